The Kier molecular flexibility index (Phi) is 4.43. The SMILES string of the molecule is COc1ccccc1NC(=O)Cn1nc(C(F)(F)F)n(C)c1=O. The van der Waals surface area contributed by atoms with Gasteiger partial charge in [-0.3, -0.25) is 9.36 Å². The Morgan fingerprint density at radius 3 is 2.57 bits per heavy atom. The van der Waals surface area contributed by atoms with Crippen LogP contribution in [-0.2, 0) is 24.6 Å². The Bertz CT molecular complexity index is 780. The molecule has 23 heavy (non-hydrogen) atoms. The van der Waals surface area contributed by atoms with Gasteiger partial charge in [0.25, 0.3) is 0 Å². The van der Waals surface area contributed by atoms with E-state index in [4.69, 9.17) is 4.74 Å². The summed E-state index contributed by atoms with van der Waals surface area (Å²) in [6, 6.07) is 6.49. The molecule has 2 aromatic rings. The average Bonchev–Trinajstić information content (AvgIpc) is 2.76. The summed E-state index contributed by atoms with van der Waals surface area (Å²) in [6.45, 7) is -0.652. The van der Waals surface area contributed by atoms with Crippen molar-refractivity contribution in [1.82, 2.24) is 14.3 Å². The highest BCUT2D eigenvalue weighted by molar-refractivity contribution is 5.92. The lowest BCUT2D eigenvalue weighted by Crippen LogP contribution is -2.29. The summed E-state index contributed by atoms with van der Waals surface area (Å²) >= 11 is 0. The highest BCUT2D eigenvalue weighted by Gasteiger charge is 2.38. The number of ether oxygens (including phenoxy) is 1. The number of anilines is 1. The third-order valence-corrected chi connectivity index (χ3v) is 2.97. The highest BCUT2D eigenvalue weighted by Crippen LogP contribution is 2.26. The van der Waals surface area contributed by atoms with Gasteiger partial charge in [0.05, 0.1) is 12.8 Å². The van der Waals surface area contributed by atoms with Crippen molar-refractivity contribution in [3.8, 4) is 5.75 Å². The smallest absolute Gasteiger partial charge is 0.451 e. The molecule has 1 aromatic carbocycles. The number of para-hydroxylation sites is 2. The van der Waals surface area contributed by atoms with Crippen LogP contribution in [-0.4, -0.2) is 27.4 Å². The van der Waals surface area contributed by atoms with Gasteiger partial charge in [-0.2, -0.15) is 13.2 Å². The minimum atomic E-state index is -4.78. The second kappa shape index (κ2) is 6.15. The van der Waals surface area contributed by atoms with Gasteiger partial charge >= 0.3 is 11.9 Å². The molecule has 1 N–H and O–H groups in total. The molecule has 0 bridgehead atoms. The van der Waals surface area contributed by atoms with Crippen LogP contribution < -0.4 is 15.7 Å². The monoisotopic (exact) mass is 330 g/mol. The number of alkyl halides is 3. The Morgan fingerprint density at radius 2 is 2.00 bits per heavy atom. The zero-order valence-electron chi connectivity index (χ0n) is 12.2. The second-order valence-corrected chi connectivity index (χ2v) is 4.57. The third-order valence-electron chi connectivity index (χ3n) is 2.97. The predicted molar refractivity (Wildman–Crippen MR) is 74.1 cm³/mol. The number of nitrogens with one attached hydrogen (secondary N) is 1. The van der Waals surface area contributed by atoms with Gasteiger partial charge < -0.3 is 10.1 Å². The first kappa shape index (κ1) is 16.6. The molecule has 1 amide bonds. The van der Waals surface area contributed by atoms with Gasteiger partial charge in [-0.05, 0) is 12.1 Å². The molecule has 1 aromatic heterocycles. The van der Waals surface area contributed by atoms with E-state index in [9.17, 15) is 22.8 Å². The summed E-state index contributed by atoms with van der Waals surface area (Å²) < 4.78 is 43.8. The molecule has 7 nitrogen and oxygen atoms in total. The van der Waals surface area contributed by atoms with Gasteiger partial charge in [-0.25, -0.2) is 9.48 Å². The van der Waals surface area contributed by atoms with E-state index in [-0.39, 0.29) is 0 Å². The number of aromatic nitrogens is 3. The van der Waals surface area contributed by atoms with E-state index in [1.54, 1.807) is 24.3 Å². The first-order valence-corrected chi connectivity index (χ1v) is 6.38. The Labute approximate surface area is 128 Å². The molecule has 0 spiro atoms. The number of carbonyl (C=O) groups is 1. The lowest BCUT2D eigenvalue weighted by molar-refractivity contribution is -0.147. The van der Waals surface area contributed by atoms with E-state index in [2.05, 4.69) is 10.4 Å². The lowest BCUT2D eigenvalue weighted by Gasteiger charge is -2.09. The van der Waals surface area contributed by atoms with Gasteiger partial charge in [-0.1, -0.05) is 12.1 Å². The summed E-state index contributed by atoms with van der Waals surface area (Å²) in [5, 5.41) is 5.61. The molecule has 0 fully saturated rings. The average molecular weight is 330 g/mol. The van der Waals surface area contributed by atoms with Crippen molar-refractivity contribution in [2.45, 2.75) is 12.7 Å². The zero-order chi connectivity index (χ0) is 17.2. The molecule has 0 aliphatic rings. The standard InChI is InChI=1S/C13H13F3N4O3/c1-19-11(13(14,15)16)18-20(12(19)22)7-10(21)17-8-5-3-4-6-9(8)23-2/h3-6H,7H2,1-2H3,(H,17,21). The number of hydrogen-bond acceptors (Lipinski definition) is 4. The number of benzene rings is 1. The van der Waals surface area contributed by atoms with E-state index in [0.717, 1.165) is 7.05 Å². The number of carbonyl (C=O) groups excluding carboxylic acids is 1. The van der Waals surface area contributed by atoms with E-state index in [1.165, 1.54) is 7.11 Å². The normalized spacial score (nSPS) is 11.3. The van der Waals surface area contributed by atoms with E-state index in [1.807, 2.05) is 0 Å². The van der Waals surface area contributed by atoms with Crippen LogP contribution in [0.3, 0.4) is 0 Å². The number of hydrogen-bond donors (Lipinski definition) is 1. The molecular weight excluding hydrogens is 317 g/mol. The number of nitrogens with zero attached hydrogens (tertiary/aromatic N) is 3. The molecule has 0 aliphatic heterocycles. The maximum absolute atomic E-state index is 12.7. The van der Waals surface area contributed by atoms with Crippen molar-refractivity contribution < 1.29 is 22.7 Å². The maximum atomic E-state index is 12.7. The van der Waals surface area contributed by atoms with Gasteiger partial charge in [0.1, 0.15) is 12.3 Å². The van der Waals surface area contributed by atoms with Crippen molar-refractivity contribution in [2.75, 3.05) is 12.4 Å². The summed E-state index contributed by atoms with van der Waals surface area (Å²) in [4.78, 5) is 23.6. The van der Waals surface area contributed by atoms with Crippen molar-refractivity contribution in [3.63, 3.8) is 0 Å². The van der Waals surface area contributed by atoms with Crippen LogP contribution in [0.5, 0.6) is 5.75 Å². The quantitative estimate of drug-likeness (QED) is 0.915. The maximum Gasteiger partial charge on any atom is 0.451 e. The summed E-state index contributed by atoms with van der Waals surface area (Å²) in [6.07, 6.45) is -4.78. The molecule has 0 aliphatic carbocycles. The molecule has 0 radical (unpaired) electrons. The molecule has 1 heterocycles. The van der Waals surface area contributed by atoms with Crippen LogP contribution in [0.15, 0.2) is 29.1 Å². The van der Waals surface area contributed by atoms with Crippen molar-refractivity contribution in [1.29, 1.82) is 0 Å². The first-order chi connectivity index (χ1) is 10.7. The summed E-state index contributed by atoms with van der Waals surface area (Å²) in [5.74, 6) is -1.69. The van der Waals surface area contributed by atoms with Gasteiger partial charge in [0.15, 0.2) is 0 Å². The fourth-order valence-corrected chi connectivity index (χ4v) is 1.91. The molecule has 0 unspecified atom stereocenters. The number of halogens is 3. The van der Waals surface area contributed by atoms with Crippen LogP contribution in [0, 0.1) is 0 Å². The minimum absolute atomic E-state index is 0.333. The number of rotatable bonds is 4. The fraction of sp³-hybridized carbons (Fsp3) is 0.308. The molecule has 124 valence electrons. The summed E-state index contributed by atoms with van der Waals surface area (Å²) in [7, 11) is 2.34. The van der Waals surface area contributed by atoms with Gasteiger partial charge in [-0.15, -0.1) is 5.10 Å². The van der Waals surface area contributed by atoms with Crippen LogP contribution in [0.4, 0.5) is 18.9 Å². The molecule has 10 heteroatoms. The van der Waals surface area contributed by atoms with Gasteiger partial charge in [0, 0.05) is 7.05 Å². The van der Waals surface area contributed by atoms with E-state index >= 15 is 0 Å². The van der Waals surface area contributed by atoms with Crippen molar-refractivity contribution in [3.05, 3.63) is 40.6 Å². The largest absolute Gasteiger partial charge is 0.495 e. The number of amides is 1. The molecular formula is C13H13F3N4O3. The second-order valence-electron chi connectivity index (χ2n) is 4.57. The Balaban J connectivity index is 2.20. The van der Waals surface area contributed by atoms with Crippen LogP contribution in [0.2, 0.25) is 0 Å². The number of methoxy groups -OCH3 is 1. The summed E-state index contributed by atoms with van der Waals surface area (Å²) in [5.41, 5.74) is -0.701. The lowest BCUT2D eigenvalue weighted by atomic mass is 10.3. The van der Waals surface area contributed by atoms with Gasteiger partial charge in [0.2, 0.25) is 11.7 Å². The van der Waals surface area contributed by atoms with E-state index < -0.39 is 30.1 Å². The third kappa shape index (κ3) is 3.52. The zero-order valence-corrected chi connectivity index (χ0v) is 12.2. The first-order valence-electron chi connectivity index (χ1n) is 6.38. The van der Waals surface area contributed by atoms with Crippen molar-refractivity contribution in [2.24, 2.45) is 7.05 Å². The fourth-order valence-electron chi connectivity index (χ4n) is 1.91. The highest BCUT2D eigenvalue weighted by atomic mass is 19.4. The topological polar surface area (TPSA) is 78.2 Å². The van der Waals surface area contributed by atoms with Crippen LogP contribution in [0.1, 0.15) is 5.82 Å². The van der Waals surface area contributed by atoms with Crippen LogP contribution in [0.25, 0.3) is 0 Å². The molecule has 0 saturated heterocycles. The minimum Gasteiger partial charge on any atom is -0.495 e. The molecule has 0 atom stereocenters. The molecule has 0 saturated carbocycles. The Hall–Kier alpha value is -2.78. The predicted octanol–water partition coefficient (Wildman–Crippen LogP) is 1.25. The molecule has 2 rings (SSSR count). The van der Waals surface area contributed by atoms with Crippen molar-refractivity contribution >= 4 is 11.6 Å². The van der Waals surface area contributed by atoms with E-state index in [0.29, 0.717) is 20.7 Å². The van der Waals surface area contributed by atoms with Crippen LogP contribution >= 0.6 is 0 Å². The Morgan fingerprint density at radius 1 is 1.35 bits per heavy atom.